The van der Waals surface area contributed by atoms with Crippen LogP contribution >= 0.6 is 11.6 Å². The van der Waals surface area contributed by atoms with Gasteiger partial charge in [0.25, 0.3) is 0 Å². The average molecular weight is 825 g/mol. The molecule has 0 N–H and O–H groups in total. The SMILES string of the molecule is COc1ccc(CN(Cc2ccc(OC)cc2)c2cc(C)c(C(F)(F)F)c(-c3c(Cl)cc4c(N5CC6CCC(C5)N6C(=O)OC(C)(C)C)nc(F)nc4c3F)n2)cc1. The van der Waals surface area contributed by atoms with Crippen LogP contribution in [0.1, 0.15) is 55.9 Å². The van der Waals surface area contributed by atoms with E-state index in [-0.39, 0.29) is 60.8 Å². The van der Waals surface area contributed by atoms with E-state index in [0.717, 1.165) is 11.1 Å². The van der Waals surface area contributed by atoms with Crippen molar-refractivity contribution in [3.8, 4) is 22.8 Å². The highest BCUT2D eigenvalue weighted by atomic mass is 35.5. The number of aromatic nitrogens is 3. The summed E-state index contributed by atoms with van der Waals surface area (Å²) in [4.78, 5) is 30.5. The molecule has 58 heavy (non-hydrogen) atoms. The van der Waals surface area contributed by atoms with Crippen LogP contribution < -0.4 is 19.3 Å². The van der Waals surface area contributed by atoms with Crippen molar-refractivity contribution >= 4 is 40.2 Å². The lowest BCUT2D eigenvalue weighted by atomic mass is 9.98. The van der Waals surface area contributed by atoms with Gasteiger partial charge in [0.05, 0.1) is 48.1 Å². The quantitative estimate of drug-likeness (QED) is 0.106. The number of ether oxygens (including phenoxy) is 3. The van der Waals surface area contributed by atoms with Crippen LogP contribution in [0.4, 0.5) is 38.4 Å². The van der Waals surface area contributed by atoms with Crippen molar-refractivity contribution in [2.75, 3.05) is 37.1 Å². The number of carbonyl (C=O) groups is 1. The van der Waals surface area contributed by atoms with E-state index < -0.39 is 57.1 Å². The third-order valence-corrected chi connectivity index (χ3v) is 10.6. The van der Waals surface area contributed by atoms with Crippen LogP contribution in [-0.4, -0.2) is 70.9 Å². The van der Waals surface area contributed by atoms with Gasteiger partial charge in [0.15, 0.2) is 5.82 Å². The Hall–Kier alpha value is -5.44. The summed E-state index contributed by atoms with van der Waals surface area (Å²) in [6.45, 7) is 7.45. The smallest absolute Gasteiger partial charge is 0.418 e. The average Bonchev–Trinajstić information content (AvgIpc) is 3.43. The molecule has 10 nitrogen and oxygen atoms in total. The fourth-order valence-corrected chi connectivity index (χ4v) is 8.06. The zero-order chi connectivity index (χ0) is 41.7. The highest BCUT2D eigenvalue weighted by molar-refractivity contribution is 6.34. The zero-order valence-electron chi connectivity index (χ0n) is 32.8. The van der Waals surface area contributed by atoms with Crippen molar-refractivity contribution in [1.29, 1.82) is 0 Å². The number of rotatable bonds is 9. The molecule has 2 saturated heterocycles. The van der Waals surface area contributed by atoms with Crippen LogP contribution in [-0.2, 0) is 24.0 Å². The number of nitrogens with zero attached hydrogens (tertiary/aromatic N) is 6. The van der Waals surface area contributed by atoms with Gasteiger partial charge in [-0.3, -0.25) is 4.90 Å². The lowest BCUT2D eigenvalue weighted by Gasteiger charge is -2.42. The number of hydrogen-bond acceptors (Lipinski definition) is 9. The lowest BCUT2D eigenvalue weighted by molar-refractivity contribution is -0.137. The first-order valence-corrected chi connectivity index (χ1v) is 19.0. The molecule has 2 bridgehead atoms. The summed E-state index contributed by atoms with van der Waals surface area (Å²) in [5, 5.41) is -0.400. The molecule has 5 aromatic rings. The molecule has 3 aromatic carbocycles. The van der Waals surface area contributed by atoms with E-state index in [0.29, 0.717) is 24.3 Å². The molecule has 4 heterocycles. The van der Waals surface area contributed by atoms with Crippen molar-refractivity contribution in [1.82, 2.24) is 19.9 Å². The van der Waals surface area contributed by atoms with Gasteiger partial charge in [-0.25, -0.2) is 14.2 Å². The number of fused-ring (bicyclic) bond motifs is 3. The predicted molar refractivity (Wildman–Crippen MR) is 210 cm³/mol. The molecule has 2 atom stereocenters. The van der Waals surface area contributed by atoms with Crippen molar-refractivity contribution in [3.63, 3.8) is 0 Å². The minimum atomic E-state index is -4.98. The fraction of sp³-hybridized carbons (Fsp3) is 0.381. The molecule has 2 unspecified atom stereocenters. The first-order chi connectivity index (χ1) is 27.4. The highest BCUT2D eigenvalue weighted by Crippen LogP contribution is 2.46. The number of anilines is 2. The molecule has 0 aliphatic carbocycles. The minimum Gasteiger partial charge on any atom is -0.497 e. The van der Waals surface area contributed by atoms with Gasteiger partial charge < -0.3 is 24.0 Å². The van der Waals surface area contributed by atoms with Gasteiger partial charge in [0, 0.05) is 31.6 Å². The van der Waals surface area contributed by atoms with E-state index in [1.54, 1.807) is 59.7 Å². The number of methoxy groups -OCH3 is 2. The molecule has 2 aliphatic heterocycles. The van der Waals surface area contributed by atoms with Gasteiger partial charge >= 0.3 is 18.3 Å². The van der Waals surface area contributed by atoms with E-state index in [4.69, 9.17) is 25.8 Å². The summed E-state index contributed by atoms with van der Waals surface area (Å²) in [6.07, 6.45) is -5.42. The molecule has 7 rings (SSSR count). The zero-order valence-corrected chi connectivity index (χ0v) is 33.5. The molecule has 0 spiro atoms. The van der Waals surface area contributed by atoms with Crippen LogP contribution in [0.3, 0.4) is 0 Å². The number of benzene rings is 3. The van der Waals surface area contributed by atoms with Gasteiger partial charge in [0.1, 0.15) is 34.3 Å². The summed E-state index contributed by atoms with van der Waals surface area (Å²) in [5.74, 6) is 0.0741. The van der Waals surface area contributed by atoms with Gasteiger partial charge in [0.2, 0.25) is 0 Å². The number of amides is 1. The summed E-state index contributed by atoms with van der Waals surface area (Å²) in [6, 6.07) is 16.3. The van der Waals surface area contributed by atoms with Crippen molar-refractivity contribution in [2.24, 2.45) is 0 Å². The number of aryl methyl sites for hydroxylation is 1. The topological polar surface area (TPSA) is 93.2 Å². The predicted octanol–water partition coefficient (Wildman–Crippen LogP) is 9.76. The first-order valence-electron chi connectivity index (χ1n) is 18.7. The Morgan fingerprint density at radius 1 is 0.862 bits per heavy atom. The second kappa shape index (κ2) is 15.7. The maximum atomic E-state index is 17.0. The number of alkyl halides is 3. The summed E-state index contributed by atoms with van der Waals surface area (Å²) < 4.78 is 93.6. The monoisotopic (exact) mass is 824 g/mol. The molecule has 16 heteroatoms. The number of piperazine rings is 1. The molecular formula is C42H42ClF5N6O4. The van der Waals surface area contributed by atoms with Gasteiger partial charge in [-0.1, -0.05) is 35.9 Å². The third-order valence-electron chi connectivity index (χ3n) is 10.3. The van der Waals surface area contributed by atoms with Crippen molar-refractivity contribution < 1.29 is 41.0 Å². The maximum absolute atomic E-state index is 17.0. The summed E-state index contributed by atoms with van der Waals surface area (Å²) in [7, 11) is 3.08. The van der Waals surface area contributed by atoms with Crippen LogP contribution in [0.5, 0.6) is 11.5 Å². The van der Waals surface area contributed by atoms with Crippen molar-refractivity contribution in [3.05, 3.63) is 99.8 Å². The summed E-state index contributed by atoms with van der Waals surface area (Å²) >= 11 is 6.79. The fourth-order valence-electron chi connectivity index (χ4n) is 7.78. The number of pyridine rings is 1. The Morgan fingerprint density at radius 2 is 1.41 bits per heavy atom. The molecule has 2 fully saturated rings. The molecular weight excluding hydrogens is 783 g/mol. The number of halogens is 6. The molecule has 0 radical (unpaired) electrons. The normalized spacial score (nSPS) is 16.8. The van der Waals surface area contributed by atoms with Crippen LogP contribution in [0.25, 0.3) is 22.2 Å². The van der Waals surface area contributed by atoms with Gasteiger partial charge in [-0.05, 0) is 93.6 Å². The molecule has 1 amide bonds. The van der Waals surface area contributed by atoms with Crippen molar-refractivity contribution in [2.45, 2.75) is 77.5 Å². The third kappa shape index (κ3) is 8.27. The maximum Gasteiger partial charge on any atom is 0.418 e. The van der Waals surface area contributed by atoms with Gasteiger partial charge in [-0.15, -0.1) is 0 Å². The van der Waals surface area contributed by atoms with Gasteiger partial charge in [-0.2, -0.15) is 27.5 Å². The molecule has 306 valence electrons. The first kappa shape index (κ1) is 40.7. The second-order valence-electron chi connectivity index (χ2n) is 15.5. The summed E-state index contributed by atoms with van der Waals surface area (Å²) in [5.41, 5.74) is -2.56. The Balaban J connectivity index is 1.32. The number of carbonyl (C=O) groups excluding carboxylic acids is 1. The second-order valence-corrected chi connectivity index (χ2v) is 15.9. The van der Waals surface area contributed by atoms with Crippen LogP contribution in [0.2, 0.25) is 5.02 Å². The minimum absolute atomic E-state index is 0.000147. The van der Waals surface area contributed by atoms with Crippen LogP contribution in [0, 0.1) is 18.8 Å². The Labute approximate surface area is 337 Å². The van der Waals surface area contributed by atoms with E-state index >= 15 is 8.78 Å². The largest absolute Gasteiger partial charge is 0.497 e. The number of hydrogen-bond donors (Lipinski definition) is 0. The molecule has 0 saturated carbocycles. The van der Waals surface area contributed by atoms with E-state index in [1.807, 2.05) is 24.3 Å². The van der Waals surface area contributed by atoms with E-state index in [2.05, 4.69) is 15.0 Å². The Bertz CT molecular complexity index is 2280. The standard InChI is InChI=1S/C42H42ClF5N6O4/c1-23-17-32(52(19-24-7-13-28(56-5)14-8-24)20-25-9-15-29(57-6)16-10-25)49-37(34(23)42(46,47)48)33-31(43)18-30-36(35(33)44)50-39(45)51-38(30)53-21-26-11-12-27(22-53)54(26)40(55)58-41(2,3)4/h7-10,13-18,26-27H,11-12,19-22H2,1-6H3. The Morgan fingerprint density at radius 3 is 1.91 bits per heavy atom. The van der Waals surface area contributed by atoms with E-state index in [1.165, 1.54) is 33.3 Å². The Kier molecular flexibility index (Phi) is 11.0. The van der Waals surface area contributed by atoms with E-state index in [9.17, 15) is 18.0 Å². The highest BCUT2D eigenvalue weighted by Gasteiger charge is 2.45. The molecule has 2 aromatic heterocycles. The molecule has 2 aliphatic rings. The lowest BCUT2D eigenvalue weighted by Crippen LogP contribution is -2.57. The van der Waals surface area contributed by atoms with Crippen LogP contribution in [0.15, 0.2) is 60.7 Å².